The van der Waals surface area contributed by atoms with E-state index in [1.165, 1.54) is 0 Å². The van der Waals surface area contributed by atoms with Gasteiger partial charge in [0.25, 0.3) is 5.91 Å². The number of hydrogen-bond donors (Lipinski definition) is 0. The first-order valence-electron chi connectivity index (χ1n) is 9.15. The number of ether oxygens (including phenoxy) is 3. The lowest BCUT2D eigenvalue weighted by atomic mass is 10.2. The van der Waals surface area contributed by atoms with Gasteiger partial charge in [-0.1, -0.05) is 23.4 Å². The zero-order valence-electron chi connectivity index (χ0n) is 16.6. The van der Waals surface area contributed by atoms with Crippen molar-refractivity contribution in [3.63, 3.8) is 0 Å². The van der Waals surface area contributed by atoms with Gasteiger partial charge in [-0.2, -0.15) is 4.98 Å². The van der Waals surface area contributed by atoms with Crippen molar-refractivity contribution >= 4 is 5.91 Å². The molecule has 0 unspecified atom stereocenters. The van der Waals surface area contributed by atoms with Crippen molar-refractivity contribution in [1.82, 2.24) is 15.0 Å². The topological polar surface area (TPSA) is 86.9 Å². The number of amides is 1. The molecule has 0 spiro atoms. The molecule has 0 atom stereocenters. The SMILES string of the molecule is CCN(Cc1nc(-c2ccc(OC)c(OC)c2)no1)C(=O)COc1ccccc1. The number of nitrogens with zero attached hydrogens (tertiary/aromatic N) is 3. The second kappa shape index (κ2) is 9.59. The molecule has 152 valence electrons. The number of rotatable bonds is 9. The molecule has 0 saturated heterocycles. The van der Waals surface area contributed by atoms with Gasteiger partial charge < -0.3 is 23.6 Å². The largest absolute Gasteiger partial charge is 0.493 e. The number of methoxy groups -OCH3 is 2. The van der Waals surface area contributed by atoms with E-state index in [1.807, 2.05) is 31.2 Å². The molecular weight excluding hydrogens is 374 g/mol. The number of hydrogen-bond acceptors (Lipinski definition) is 7. The van der Waals surface area contributed by atoms with Crippen molar-refractivity contribution in [2.45, 2.75) is 13.5 Å². The third-order valence-corrected chi connectivity index (χ3v) is 4.28. The van der Waals surface area contributed by atoms with Crippen LogP contribution in [0.1, 0.15) is 12.8 Å². The van der Waals surface area contributed by atoms with Crippen LogP contribution >= 0.6 is 0 Å². The van der Waals surface area contributed by atoms with Gasteiger partial charge in [0.1, 0.15) is 12.3 Å². The summed E-state index contributed by atoms with van der Waals surface area (Å²) in [6, 6.07) is 14.5. The van der Waals surface area contributed by atoms with Gasteiger partial charge in [-0.25, -0.2) is 0 Å². The highest BCUT2D eigenvalue weighted by Gasteiger charge is 2.18. The van der Waals surface area contributed by atoms with Crippen LogP contribution in [0.15, 0.2) is 53.1 Å². The van der Waals surface area contributed by atoms with Crippen molar-refractivity contribution in [2.24, 2.45) is 0 Å². The van der Waals surface area contributed by atoms with Crippen LogP contribution in [0.25, 0.3) is 11.4 Å². The third-order valence-electron chi connectivity index (χ3n) is 4.28. The summed E-state index contributed by atoms with van der Waals surface area (Å²) in [6.07, 6.45) is 0. The van der Waals surface area contributed by atoms with Crippen molar-refractivity contribution in [3.8, 4) is 28.6 Å². The highest BCUT2D eigenvalue weighted by atomic mass is 16.5. The summed E-state index contributed by atoms with van der Waals surface area (Å²) < 4.78 is 21.4. The van der Waals surface area contributed by atoms with E-state index in [-0.39, 0.29) is 19.1 Å². The molecule has 8 heteroatoms. The molecule has 0 fully saturated rings. The highest BCUT2D eigenvalue weighted by molar-refractivity contribution is 5.77. The Morgan fingerprint density at radius 3 is 2.52 bits per heavy atom. The monoisotopic (exact) mass is 397 g/mol. The Balaban J connectivity index is 1.65. The summed E-state index contributed by atoms with van der Waals surface area (Å²) in [5.41, 5.74) is 0.722. The van der Waals surface area contributed by atoms with Gasteiger partial charge in [0.15, 0.2) is 18.1 Å². The predicted molar refractivity (Wildman–Crippen MR) is 106 cm³/mol. The van der Waals surface area contributed by atoms with Crippen molar-refractivity contribution in [2.75, 3.05) is 27.4 Å². The third kappa shape index (κ3) is 5.04. The van der Waals surface area contributed by atoms with E-state index < -0.39 is 0 Å². The molecule has 2 aromatic carbocycles. The van der Waals surface area contributed by atoms with Crippen LogP contribution in [0.4, 0.5) is 0 Å². The van der Waals surface area contributed by atoms with Gasteiger partial charge in [0, 0.05) is 12.1 Å². The van der Waals surface area contributed by atoms with E-state index in [1.54, 1.807) is 43.4 Å². The van der Waals surface area contributed by atoms with E-state index in [0.717, 1.165) is 5.56 Å². The molecule has 0 bridgehead atoms. The molecule has 1 aromatic heterocycles. The summed E-state index contributed by atoms with van der Waals surface area (Å²) in [4.78, 5) is 18.4. The summed E-state index contributed by atoms with van der Waals surface area (Å²) in [6.45, 7) is 2.51. The van der Waals surface area contributed by atoms with Crippen LogP contribution in [0, 0.1) is 0 Å². The summed E-state index contributed by atoms with van der Waals surface area (Å²) in [7, 11) is 3.13. The van der Waals surface area contributed by atoms with Crippen molar-refractivity contribution in [3.05, 3.63) is 54.4 Å². The Morgan fingerprint density at radius 1 is 1.07 bits per heavy atom. The lowest BCUT2D eigenvalue weighted by Gasteiger charge is -2.18. The first-order chi connectivity index (χ1) is 14.1. The number of para-hydroxylation sites is 1. The van der Waals surface area contributed by atoms with Gasteiger partial charge in [0.05, 0.1) is 14.2 Å². The summed E-state index contributed by atoms with van der Waals surface area (Å²) in [5.74, 6) is 2.41. The first kappa shape index (κ1) is 20.2. The van der Waals surface area contributed by atoms with E-state index in [2.05, 4.69) is 10.1 Å². The maximum Gasteiger partial charge on any atom is 0.260 e. The van der Waals surface area contributed by atoms with E-state index in [9.17, 15) is 4.79 Å². The van der Waals surface area contributed by atoms with Crippen LogP contribution in [-0.4, -0.2) is 48.3 Å². The number of likely N-dealkylation sites (N-methyl/N-ethyl adjacent to an activating group) is 1. The van der Waals surface area contributed by atoms with Gasteiger partial charge in [-0.3, -0.25) is 4.79 Å². The second-order valence-electron chi connectivity index (χ2n) is 6.09. The summed E-state index contributed by atoms with van der Waals surface area (Å²) in [5, 5.41) is 4.01. The minimum absolute atomic E-state index is 0.0610. The Labute approximate surface area is 169 Å². The fraction of sp³-hybridized carbons (Fsp3) is 0.286. The van der Waals surface area contributed by atoms with E-state index in [4.69, 9.17) is 18.7 Å². The second-order valence-corrected chi connectivity index (χ2v) is 6.09. The van der Waals surface area contributed by atoms with Crippen LogP contribution in [0.3, 0.4) is 0 Å². The number of aromatic nitrogens is 2. The fourth-order valence-corrected chi connectivity index (χ4v) is 2.70. The Hall–Kier alpha value is -3.55. The number of carbonyl (C=O) groups is 1. The van der Waals surface area contributed by atoms with Gasteiger partial charge >= 0.3 is 0 Å². The Kier molecular flexibility index (Phi) is 6.67. The Morgan fingerprint density at radius 2 is 1.83 bits per heavy atom. The molecule has 1 amide bonds. The zero-order chi connectivity index (χ0) is 20.6. The molecule has 0 aliphatic rings. The maximum atomic E-state index is 12.5. The zero-order valence-corrected chi connectivity index (χ0v) is 16.6. The molecular formula is C21H23N3O5. The Bertz CT molecular complexity index is 942. The van der Waals surface area contributed by atoms with Gasteiger partial charge in [0.2, 0.25) is 11.7 Å². The molecule has 0 saturated carbocycles. The van der Waals surface area contributed by atoms with Crippen LogP contribution in [0.2, 0.25) is 0 Å². The van der Waals surface area contributed by atoms with Gasteiger partial charge in [-0.05, 0) is 37.3 Å². The molecule has 0 radical (unpaired) electrons. The van der Waals surface area contributed by atoms with Crippen LogP contribution in [0.5, 0.6) is 17.2 Å². The van der Waals surface area contributed by atoms with Crippen LogP contribution < -0.4 is 14.2 Å². The lowest BCUT2D eigenvalue weighted by Crippen LogP contribution is -2.34. The van der Waals surface area contributed by atoms with E-state index >= 15 is 0 Å². The molecule has 0 aliphatic heterocycles. The first-order valence-corrected chi connectivity index (χ1v) is 9.15. The summed E-state index contributed by atoms with van der Waals surface area (Å²) >= 11 is 0. The number of benzene rings is 2. The normalized spacial score (nSPS) is 10.4. The maximum absolute atomic E-state index is 12.5. The van der Waals surface area contributed by atoms with Crippen molar-refractivity contribution in [1.29, 1.82) is 0 Å². The molecule has 3 aromatic rings. The standard InChI is InChI=1S/C21H23N3O5/c1-4-24(20(25)14-28-16-8-6-5-7-9-16)13-19-22-21(23-29-19)15-10-11-17(26-2)18(12-15)27-3/h5-12H,4,13-14H2,1-3H3. The number of carbonyl (C=O) groups excluding carboxylic acids is 1. The lowest BCUT2D eigenvalue weighted by molar-refractivity contribution is -0.134. The molecule has 29 heavy (non-hydrogen) atoms. The fourth-order valence-electron chi connectivity index (χ4n) is 2.70. The minimum Gasteiger partial charge on any atom is -0.493 e. The molecule has 3 rings (SSSR count). The van der Waals surface area contributed by atoms with Crippen molar-refractivity contribution < 1.29 is 23.5 Å². The predicted octanol–water partition coefficient (Wildman–Crippen LogP) is 3.18. The smallest absolute Gasteiger partial charge is 0.260 e. The molecule has 8 nitrogen and oxygen atoms in total. The van der Waals surface area contributed by atoms with E-state index in [0.29, 0.717) is 35.5 Å². The molecule has 0 aliphatic carbocycles. The van der Waals surface area contributed by atoms with Gasteiger partial charge in [-0.15, -0.1) is 0 Å². The molecule has 0 N–H and O–H groups in total. The average molecular weight is 397 g/mol. The molecule has 1 heterocycles. The quantitative estimate of drug-likeness (QED) is 0.548. The highest BCUT2D eigenvalue weighted by Crippen LogP contribution is 2.31. The minimum atomic E-state index is -0.165. The average Bonchev–Trinajstić information content (AvgIpc) is 3.24. The van der Waals surface area contributed by atoms with Crippen LogP contribution in [-0.2, 0) is 11.3 Å².